The van der Waals surface area contributed by atoms with Crippen LogP contribution in [0, 0.1) is 25.0 Å². The molecule has 0 saturated carbocycles. The molecule has 0 aliphatic heterocycles. The number of nitrogens with zero attached hydrogens (tertiary/aromatic N) is 2. The van der Waals surface area contributed by atoms with Crippen LogP contribution in [0.4, 0.5) is 0 Å². The van der Waals surface area contributed by atoms with Crippen molar-refractivity contribution < 1.29 is 14.6 Å². The summed E-state index contributed by atoms with van der Waals surface area (Å²) in [6, 6.07) is -0.682. The highest BCUT2D eigenvalue weighted by Crippen LogP contribution is 2.20. The highest BCUT2D eigenvalue weighted by Gasteiger charge is 2.30. The summed E-state index contributed by atoms with van der Waals surface area (Å²) in [7, 11) is 0. The molecule has 0 aliphatic rings. The number of carboxylic acids is 1. The number of aromatic nitrogens is 2. The number of hydrogen-bond donors (Lipinski definition) is 1. The number of carboxylic acid groups (broad SMARTS) is 1. The van der Waals surface area contributed by atoms with Gasteiger partial charge in [-0.2, -0.15) is 0 Å². The van der Waals surface area contributed by atoms with Gasteiger partial charge in [-0.15, -0.1) is 0 Å². The van der Waals surface area contributed by atoms with E-state index in [1.807, 2.05) is 13.8 Å². The van der Waals surface area contributed by atoms with Crippen molar-refractivity contribution in [3.05, 3.63) is 22.9 Å². The fourth-order valence-corrected chi connectivity index (χ4v) is 1.64. The second-order valence-electron chi connectivity index (χ2n) is 4.05. The van der Waals surface area contributed by atoms with Crippen molar-refractivity contribution >= 4 is 5.97 Å². The summed E-state index contributed by atoms with van der Waals surface area (Å²) in [5.74, 6) is -0.975. The molecule has 1 aromatic rings. The van der Waals surface area contributed by atoms with Crippen LogP contribution in [0.1, 0.15) is 31.3 Å². The number of carbonyl (C=O) groups is 1. The lowest BCUT2D eigenvalue weighted by Gasteiger charge is -2.13. The monoisotopic (exact) mass is 212 g/mol. The van der Waals surface area contributed by atoms with Gasteiger partial charge in [-0.1, -0.05) is 13.8 Å². The SMILES string of the molecule is Cc1c(C)[n+]([O-])cn1[C@H](C(=O)O)C(C)C. The molecule has 1 aromatic heterocycles. The molecule has 5 heteroatoms. The highest BCUT2D eigenvalue weighted by molar-refractivity contribution is 5.72. The molecule has 0 aromatic carbocycles. The molecular weight excluding hydrogens is 196 g/mol. The topological polar surface area (TPSA) is 69.2 Å². The van der Waals surface area contributed by atoms with Crippen LogP contribution in [0.3, 0.4) is 0 Å². The molecule has 15 heavy (non-hydrogen) atoms. The summed E-state index contributed by atoms with van der Waals surface area (Å²) in [6.45, 7) is 7.07. The Balaban J connectivity index is 3.23. The van der Waals surface area contributed by atoms with Gasteiger partial charge in [0, 0.05) is 19.8 Å². The van der Waals surface area contributed by atoms with Crippen LogP contribution in [-0.4, -0.2) is 15.6 Å². The second-order valence-corrected chi connectivity index (χ2v) is 4.05. The molecule has 0 saturated heterocycles. The van der Waals surface area contributed by atoms with Gasteiger partial charge in [0.2, 0.25) is 6.33 Å². The van der Waals surface area contributed by atoms with E-state index >= 15 is 0 Å². The molecule has 0 radical (unpaired) electrons. The molecule has 1 heterocycles. The molecule has 1 rings (SSSR count). The van der Waals surface area contributed by atoms with E-state index in [2.05, 4.69) is 0 Å². The van der Waals surface area contributed by atoms with Gasteiger partial charge in [0.05, 0.1) is 0 Å². The van der Waals surface area contributed by atoms with E-state index in [1.165, 1.54) is 10.9 Å². The summed E-state index contributed by atoms with van der Waals surface area (Å²) in [5, 5.41) is 20.4. The fourth-order valence-electron chi connectivity index (χ4n) is 1.64. The lowest BCUT2D eigenvalue weighted by molar-refractivity contribution is -0.611. The molecule has 1 N–H and O–H groups in total. The van der Waals surface area contributed by atoms with Crippen molar-refractivity contribution in [1.82, 2.24) is 4.57 Å². The predicted molar refractivity (Wildman–Crippen MR) is 54.4 cm³/mol. The van der Waals surface area contributed by atoms with E-state index in [0.29, 0.717) is 16.1 Å². The number of hydrogen-bond acceptors (Lipinski definition) is 2. The maximum Gasteiger partial charge on any atom is 0.349 e. The number of aliphatic carboxylic acids is 1. The molecule has 5 nitrogen and oxygen atoms in total. The third-order valence-electron chi connectivity index (χ3n) is 2.65. The van der Waals surface area contributed by atoms with Crippen molar-refractivity contribution in [2.24, 2.45) is 5.92 Å². The van der Waals surface area contributed by atoms with Crippen LogP contribution < -0.4 is 4.73 Å². The van der Waals surface area contributed by atoms with Crippen LogP contribution in [0.15, 0.2) is 6.33 Å². The Morgan fingerprint density at radius 1 is 1.53 bits per heavy atom. The first-order chi connectivity index (χ1) is 6.86. The summed E-state index contributed by atoms with van der Waals surface area (Å²) in [6.07, 6.45) is 1.30. The minimum Gasteiger partial charge on any atom is -0.711 e. The van der Waals surface area contributed by atoms with Gasteiger partial charge in [-0.05, 0) is 0 Å². The van der Waals surface area contributed by atoms with Gasteiger partial charge in [0.25, 0.3) is 0 Å². The minimum atomic E-state index is -0.913. The first-order valence-electron chi connectivity index (χ1n) is 4.86. The molecule has 0 unspecified atom stereocenters. The Hall–Kier alpha value is -1.52. The molecule has 0 fully saturated rings. The van der Waals surface area contributed by atoms with E-state index in [1.54, 1.807) is 13.8 Å². The van der Waals surface area contributed by atoms with Crippen molar-refractivity contribution in [3.8, 4) is 0 Å². The van der Waals surface area contributed by atoms with Crippen molar-refractivity contribution in [3.63, 3.8) is 0 Å². The zero-order chi connectivity index (χ0) is 11.7. The maximum absolute atomic E-state index is 11.3. The molecule has 1 atom stereocenters. The molecular formula is C10H16N2O3. The zero-order valence-corrected chi connectivity index (χ0v) is 9.39. The van der Waals surface area contributed by atoms with Crippen molar-refractivity contribution in [1.29, 1.82) is 0 Å². The van der Waals surface area contributed by atoms with Gasteiger partial charge in [-0.25, -0.2) is 14.1 Å². The number of imidazole rings is 1. The molecule has 0 aliphatic carbocycles. The standard InChI is InChI=1S/C10H16N2O3/c1-6(2)9(10(13)14)11-5-12(15)8(4)7(11)3/h5-6,9H,1-4H3,(H,13,14)/t9-/m0/s1. The smallest absolute Gasteiger partial charge is 0.349 e. The van der Waals surface area contributed by atoms with E-state index in [4.69, 9.17) is 5.11 Å². The van der Waals surface area contributed by atoms with Gasteiger partial charge in [-0.3, -0.25) is 0 Å². The molecule has 0 spiro atoms. The Morgan fingerprint density at radius 2 is 2.07 bits per heavy atom. The Labute approximate surface area is 88.5 Å². The number of rotatable bonds is 3. The Morgan fingerprint density at radius 3 is 2.33 bits per heavy atom. The van der Waals surface area contributed by atoms with Crippen LogP contribution in [0.25, 0.3) is 0 Å². The van der Waals surface area contributed by atoms with E-state index in [0.717, 1.165) is 0 Å². The lowest BCUT2D eigenvalue weighted by atomic mass is 10.0. The lowest BCUT2D eigenvalue weighted by Crippen LogP contribution is -2.28. The average molecular weight is 212 g/mol. The Kier molecular flexibility index (Phi) is 3.02. The third-order valence-corrected chi connectivity index (χ3v) is 2.65. The normalized spacial score (nSPS) is 13.1. The van der Waals surface area contributed by atoms with Crippen molar-refractivity contribution in [2.75, 3.05) is 0 Å². The quantitative estimate of drug-likeness (QED) is 0.600. The largest absolute Gasteiger partial charge is 0.711 e. The summed E-state index contributed by atoms with van der Waals surface area (Å²) < 4.78 is 2.23. The van der Waals surface area contributed by atoms with Crippen LogP contribution in [-0.2, 0) is 4.79 Å². The zero-order valence-electron chi connectivity index (χ0n) is 9.39. The molecule has 0 bridgehead atoms. The van der Waals surface area contributed by atoms with Gasteiger partial charge < -0.3 is 10.3 Å². The van der Waals surface area contributed by atoms with Gasteiger partial charge in [0.1, 0.15) is 11.4 Å². The van der Waals surface area contributed by atoms with Gasteiger partial charge in [0.15, 0.2) is 6.04 Å². The van der Waals surface area contributed by atoms with E-state index in [9.17, 15) is 10.0 Å². The summed E-state index contributed by atoms with van der Waals surface area (Å²) in [4.78, 5) is 11.1. The second kappa shape index (κ2) is 3.92. The predicted octanol–water partition coefficient (Wildman–Crippen LogP) is 1.02. The highest BCUT2D eigenvalue weighted by atomic mass is 16.5. The third kappa shape index (κ3) is 1.95. The first-order valence-corrected chi connectivity index (χ1v) is 4.86. The van der Waals surface area contributed by atoms with Crippen LogP contribution >= 0.6 is 0 Å². The van der Waals surface area contributed by atoms with Crippen molar-refractivity contribution in [2.45, 2.75) is 33.7 Å². The maximum atomic E-state index is 11.3. The van der Waals surface area contributed by atoms with Crippen LogP contribution in [0.5, 0.6) is 0 Å². The average Bonchev–Trinajstić information content (AvgIpc) is 2.33. The fraction of sp³-hybridized carbons (Fsp3) is 0.600. The first kappa shape index (κ1) is 11.6. The van der Waals surface area contributed by atoms with E-state index in [-0.39, 0.29) is 5.92 Å². The summed E-state index contributed by atoms with van der Waals surface area (Å²) >= 11 is 0. The van der Waals surface area contributed by atoms with E-state index < -0.39 is 12.0 Å². The minimum absolute atomic E-state index is 0.0620. The van der Waals surface area contributed by atoms with Crippen LogP contribution in [0.2, 0.25) is 0 Å². The summed E-state index contributed by atoms with van der Waals surface area (Å²) in [5.41, 5.74) is 1.24. The Bertz CT molecular complexity index is 382. The molecule has 84 valence electrons. The molecule has 0 amide bonds. The van der Waals surface area contributed by atoms with Gasteiger partial charge >= 0.3 is 5.97 Å².